The van der Waals surface area contributed by atoms with Gasteiger partial charge in [0.2, 0.25) is 0 Å². The molecular formula is C60H41NS. The number of anilines is 3. The Kier molecular flexibility index (Phi) is 9.82. The van der Waals surface area contributed by atoms with Gasteiger partial charge in [0, 0.05) is 42.7 Å². The van der Waals surface area contributed by atoms with Crippen molar-refractivity contribution in [3.8, 4) is 66.8 Å². The van der Waals surface area contributed by atoms with Crippen LogP contribution in [0, 0.1) is 0 Å². The molecule has 0 aliphatic carbocycles. The first kappa shape index (κ1) is 37.2. The fourth-order valence-electron chi connectivity index (χ4n) is 8.83. The third-order valence-electron chi connectivity index (χ3n) is 11.9. The van der Waals surface area contributed by atoms with E-state index in [1.807, 2.05) is 11.3 Å². The summed E-state index contributed by atoms with van der Waals surface area (Å²) in [6, 6.07) is 90.3. The predicted molar refractivity (Wildman–Crippen MR) is 267 cm³/mol. The molecule has 2 heteroatoms. The van der Waals surface area contributed by atoms with Gasteiger partial charge < -0.3 is 4.90 Å². The monoisotopic (exact) mass is 807 g/mol. The van der Waals surface area contributed by atoms with Gasteiger partial charge in [0.25, 0.3) is 0 Å². The van der Waals surface area contributed by atoms with Crippen molar-refractivity contribution in [2.24, 2.45) is 0 Å². The first-order chi connectivity index (χ1) is 30.7. The molecule has 292 valence electrons. The van der Waals surface area contributed by atoms with Crippen molar-refractivity contribution in [2.45, 2.75) is 0 Å². The molecule has 0 spiro atoms. The van der Waals surface area contributed by atoms with Gasteiger partial charge in [-0.15, -0.1) is 11.3 Å². The number of hydrogen-bond donors (Lipinski definition) is 0. The molecule has 0 unspecified atom stereocenters. The van der Waals surface area contributed by atoms with E-state index in [-0.39, 0.29) is 0 Å². The quantitative estimate of drug-likeness (QED) is 0.140. The largest absolute Gasteiger partial charge is 0.310 e. The van der Waals surface area contributed by atoms with Crippen molar-refractivity contribution in [1.82, 2.24) is 0 Å². The Hall–Kier alpha value is -7.78. The van der Waals surface area contributed by atoms with Gasteiger partial charge >= 0.3 is 0 Å². The van der Waals surface area contributed by atoms with Crippen LogP contribution in [0.5, 0.6) is 0 Å². The van der Waals surface area contributed by atoms with E-state index < -0.39 is 0 Å². The van der Waals surface area contributed by atoms with Gasteiger partial charge in [-0.3, -0.25) is 0 Å². The second-order valence-electron chi connectivity index (χ2n) is 15.7. The molecule has 0 saturated carbocycles. The average Bonchev–Trinajstić information content (AvgIpc) is 3.75. The molecule has 1 aromatic heterocycles. The number of thiophene rings is 1. The lowest BCUT2D eigenvalue weighted by Crippen LogP contribution is -2.11. The summed E-state index contributed by atoms with van der Waals surface area (Å²) >= 11 is 1.88. The minimum absolute atomic E-state index is 1.09. The Morgan fingerprint density at radius 2 is 0.694 bits per heavy atom. The summed E-state index contributed by atoms with van der Waals surface area (Å²) in [6.07, 6.45) is 0. The maximum atomic E-state index is 2.40. The van der Waals surface area contributed by atoms with Gasteiger partial charge in [-0.2, -0.15) is 0 Å². The second-order valence-corrected chi connectivity index (χ2v) is 16.7. The number of fused-ring (bicyclic) bond motifs is 3. The van der Waals surface area contributed by atoms with E-state index in [4.69, 9.17) is 0 Å². The van der Waals surface area contributed by atoms with Gasteiger partial charge in [0.1, 0.15) is 0 Å². The molecule has 0 N–H and O–H groups in total. The molecule has 0 saturated heterocycles. The summed E-state index contributed by atoms with van der Waals surface area (Å²) in [7, 11) is 0. The fraction of sp³-hybridized carbons (Fsp3) is 0. The van der Waals surface area contributed by atoms with Gasteiger partial charge in [0.05, 0.1) is 5.69 Å². The van der Waals surface area contributed by atoms with E-state index in [1.54, 1.807) is 0 Å². The van der Waals surface area contributed by atoms with Crippen LogP contribution in [-0.2, 0) is 0 Å². The molecule has 10 aromatic carbocycles. The summed E-state index contributed by atoms with van der Waals surface area (Å²) in [5, 5.41) is 2.62. The van der Waals surface area contributed by atoms with Crippen LogP contribution in [0.3, 0.4) is 0 Å². The molecule has 0 amide bonds. The third-order valence-corrected chi connectivity index (χ3v) is 13.1. The Morgan fingerprint density at radius 3 is 1.31 bits per heavy atom. The van der Waals surface area contributed by atoms with E-state index in [1.165, 1.54) is 86.9 Å². The molecule has 0 radical (unpaired) electrons. The molecule has 0 aliphatic rings. The van der Waals surface area contributed by atoms with Crippen molar-refractivity contribution in [3.05, 3.63) is 249 Å². The molecule has 0 atom stereocenters. The fourth-order valence-corrected chi connectivity index (χ4v) is 10.1. The minimum Gasteiger partial charge on any atom is -0.310 e. The zero-order valence-electron chi connectivity index (χ0n) is 34.0. The van der Waals surface area contributed by atoms with Crippen LogP contribution in [0.25, 0.3) is 86.9 Å². The van der Waals surface area contributed by atoms with Crippen LogP contribution >= 0.6 is 11.3 Å². The molecular weight excluding hydrogens is 767 g/mol. The van der Waals surface area contributed by atoms with Gasteiger partial charge in [0.15, 0.2) is 0 Å². The summed E-state index contributed by atoms with van der Waals surface area (Å²) in [5.74, 6) is 0. The lowest BCUT2D eigenvalue weighted by molar-refractivity contribution is 1.28. The standard InChI is InChI=1S/C60H41NS/c1-5-16-42(17-6-1)44-28-34-50(35-29-44)61(58-39-33-49(43-18-7-2-8-19-43)40-56(58)47-22-11-4-12-23-47)51-36-30-45(31-37-51)48-32-38-52(46-20-9-3-10-21-46)57(41-48)55-26-15-25-54-53-24-13-14-27-59(53)62-60(54)55/h1-41H. The summed E-state index contributed by atoms with van der Waals surface area (Å²) in [5.41, 5.74) is 17.7. The SMILES string of the molecule is c1ccc(-c2ccc(N(c3ccc(-c4ccc(-c5ccccc5)c(-c5cccc6c5sc5ccccc56)c4)cc3)c3ccc(-c4ccccc4)cc3-c3ccccc3)cc2)cc1. The Balaban J connectivity index is 1.05. The second kappa shape index (κ2) is 16.3. The highest BCUT2D eigenvalue weighted by Crippen LogP contribution is 2.46. The lowest BCUT2D eigenvalue weighted by atomic mass is 9.90. The minimum atomic E-state index is 1.09. The molecule has 62 heavy (non-hydrogen) atoms. The Labute approximate surface area is 367 Å². The summed E-state index contributed by atoms with van der Waals surface area (Å²) < 4.78 is 2.63. The van der Waals surface area contributed by atoms with Crippen molar-refractivity contribution in [1.29, 1.82) is 0 Å². The van der Waals surface area contributed by atoms with Crippen molar-refractivity contribution in [3.63, 3.8) is 0 Å². The van der Waals surface area contributed by atoms with Crippen LogP contribution in [0.2, 0.25) is 0 Å². The molecule has 0 aliphatic heterocycles. The number of rotatable bonds is 9. The Bertz CT molecular complexity index is 3300. The zero-order chi connectivity index (χ0) is 41.2. The number of benzene rings is 10. The van der Waals surface area contributed by atoms with E-state index in [0.717, 1.165) is 17.1 Å². The van der Waals surface area contributed by atoms with Crippen LogP contribution in [-0.4, -0.2) is 0 Å². The van der Waals surface area contributed by atoms with Crippen molar-refractivity contribution >= 4 is 48.6 Å². The van der Waals surface area contributed by atoms with Crippen molar-refractivity contribution in [2.75, 3.05) is 4.90 Å². The molecule has 11 rings (SSSR count). The summed E-state index contributed by atoms with van der Waals surface area (Å²) in [4.78, 5) is 2.40. The van der Waals surface area contributed by atoms with Crippen LogP contribution in [0.1, 0.15) is 0 Å². The predicted octanol–water partition coefficient (Wildman–Crippen LogP) is 17.5. The maximum Gasteiger partial charge on any atom is 0.0540 e. The molecule has 1 nitrogen and oxygen atoms in total. The Morgan fingerprint density at radius 1 is 0.258 bits per heavy atom. The van der Waals surface area contributed by atoms with Gasteiger partial charge in [-0.05, 0) is 104 Å². The highest BCUT2D eigenvalue weighted by molar-refractivity contribution is 7.26. The maximum absolute atomic E-state index is 2.40. The number of hydrogen-bond acceptors (Lipinski definition) is 2. The first-order valence-electron chi connectivity index (χ1n) is 21.2. The molecule has 0 fully saturated rings. The van der Waals surface area contributed by atoms with Crippen LogP contribution in [0.15, 0.2) is 249 Å². The van der Waals surface area contributed by atoms with E-state index in [9.17, 15) is 0 Å². The van der Waals surface area contributed by atoms with E-state index in [0.29, 0.717) is 0 Å². The van der Waals surface area contributed by atoms with E-state index >= 15 is 0 Å². The smallest absolute Gasteiger partial charge is 0.0540 e. The highest BCUT2D eigenvalue weighted by atomic mass is 32.1. The van der Waals surface area contributed by atoms with Crippen LogP contribution < -0.4 is 4.90 Å². The number of nitrogens with zero attached hydrogens (tertiary/aromatic N) is 1. The normalized spacial score (nSPS) is 11.2. The first-order valence-corrected chi connectivity index (χ1v) is 22.0. The highest BCUT2D eigenvalue weighted by Gasteiger charge is 2.20. The van der Waals surface area contributed by atoms with E-state index in [2.05, 4.69) is 254 Å². The lowest BCUT2D eigenvalue weighted by Gasteiger charge is -2.29. The van der Waals surface area contributed by atoms with Gasteiger partial charge in [-0.1, -0.05) is 200 Å². The topological polar surface area (TPSA) is 3.24 Å². The zero-order valence-corrected chi connectivity index (χ0v) is 34.8. The average molecular weight is 808 g/mol. The van der Waals surface area contributed by atoms with Crippen LogP contribution in [0.4, 0.5) is 17.1 Å². The molecule has 1 heterocycles. The van der Waals surface area contributed by atoms with Gasteiger partial charge in [-0.25, -0.2) is 0 Å². The molecule has 11 aromatic rings. The molecule has 0 bridgehead atoms. The van der Waals surface area contributed by atoms with Crippen molar-refractivity contribution < 1.29 is 0 Å². The third kappa shape index (κ3) is 7.07. The summed E-state index contributed by atoms with van der Waals surface area (Å²) in [6.45, 7) is 0.